The Hall–Kier alpha value is -1.66. The van der Waals surface area contributed by atoms with Crippen LogP contribution in [0.15, 0.2) is 18.2 Å². The minimum atomic E-state index is -0.722. The Morgan fingerprint density at radius 3 is 2.41 bits per heavy atom. The fourth-order valence-corrected chi connectivity index (χ4v) is 2.11. The Balaban J connectivity index is 2.87. The van der Waals surface area contributed by atoms with Gasteiger partial charge in [-0.05, 0) is 37.5 Å². The Labute approximate surface area is 130 Å². The largest absolute Gasteiger partial charge is 0.394 e. The van der Waals surface area contributed by atoms with Crippen molar-refractivity contribution in [2.45, 2.75) is 45.8 Å². The normalized spacial score (nSPS) is 13.8. The van der Waals surface area contributed by atoms with E-state index in [4.69, 9.17) is 0 Å². The molecule has 0 spiro atoms. The summed E-state index contributed by atoms with van der Waals surface area (Å²) in [4.78, 5) is 13.6. The predicted molar refractivity (Wildman–Crippen MR) is 84.4 cm³/mol. The zero-order valence-corrected chi connectivity index (χ0v) is 13.5. The highest BCUT2D eigenvalue weighted by Gasteiger charge is 2.21. The Kier molecular flexibility index (Phi) is 6.77. The number of nitrogens with zero attached hydrogens (tertiary/aromatic N) is 1. The monoisotopic (exact) mass is 312 g/mol. The molecule has 0 heterocycles. The van der Waals surface area contributed by atoms with Gasteiger partial charge in [0.15, 0.2) is 0 Å². The van der Waals surface area contributed by atoms with Crippen molar-refractivity contribution >= 4 is 11.7 Å². The lowest BCUT2D eigenvalue weighted by molar-refractivity contribution is 0.0994. The molecule has 5 nitrogen and oxygen atoms in total. The summed E-state index contributed by atoms with van der Waals surface area (Å²) in [5, 5.41) is 21.3. The van der Waals surface area contributed by atoms with Crippen LogP contribution in [0.4, 0.5) is 14.9 Å². The molecule has 0 bridgehead atoms. The molecule has 6 heteroatoms. The molecule has 0 unspecified atom stereocenters. The minimum absolute atomic E-state index is 0.0610. The van der Waals surface area contributed by atoms with Gasteiger partial charge in [-0.3, -0.25) is 0 Å². The molecule has 1 aromatic carbocycles. The number of hydrogen-bond donors (Lipinski definition) is 3. The summed E-state index contributed by atoms with van der Waals surface area (Å²) in [6.45, 7) is 6.88. The van der Waals surface area contributed by atoms with Gasteiger partial charge in [0.1, 0.15) is 5.82 Å². The number of carbonyl (C=O) groups excluding carboxylic acids is 1. The first-order valence-corrected chi connectivity index (χ1v) is 7.42. The molecule has 2 amide bonds. The highest BCUT2D eigenvalue weighted by Crippen LogP contribution is 2.22. The molecule has 0 saturated heterocycles. The number of rotatable bonds is 6. The quantitative estimate of drug-likeness (QED) is 0.756. The smallest absolute Gasteiger partial charge is 0.322 e. The molecule has 124 valence electrons. The van der Waals surface area contributed by atoms with Crippen molar-refractivity contribution in [1.82, 2.24) is 4.90 Å². The Morgan fingerprint density at radius 2 is 1.95 bits per heavy atom. The lowest BCUT2D eigenvalue weighted by Crippen LogP contribution is -2.46. The van der Waals surface area contributed by atoms with Crippen molar-refractivity contribution in [2.24, 2.45) is 0 Å². The van der Waals surface area contributed by atoms with Gasteiger partial charge in [-0.1, -0.05) is 19.9 Å². The first-order valence-electron chi connectivity index (χ1n) is 7.42. The van der Waals surface area contributed by atoms with E-state index in [2.05, 4.69) is 5.32 Å². The predicted octanol–water partition coefficient (Wildman–Crippen LogP) is 2.54. The summed E-state index contributed by atoms with van der Waals surface area (Å²) in [6, 6.07) is 3.62. The van der Waals surface area contributed by atoms with Gasteiger partial charge in [-0.2, -0.15) is 0 Å². The molecule has 0 saturated carbocycles. The summed E-state index contributed by atoms with van der Waals surface area (Å²) >= 11 is 0. The van der Waals surface area contributed by atoms with Crippen molar-refractivity contribution < 1.29 is 19.4 Å². The standard InChI is InChI=1S/C16H25FN2O3/c1-10(2)14-6-5-13(7-15(14)17)18-16(22)19(8-12(4)21)11(3)9-20/h5-7,10-12,20-21H,8-9H2,1-4H3,(H,18,22)/t11-,12+/m1/s1. The summed E-state index contributed by atoms with van der Waals surface area (Å²) in [7, 11) is 0. The molecule has 0 aliphatic heterocycles. The van der Waals surface area contributed by atoms with Crippen LogP contribution < -0.4 is 5.32 Å². The topological polar surface area (TPSA) is 72.8 Å². The van der Waals surface area contributed by atoms with E-state index in [1.165, 1.54) is 11.0 Å². The van der Waals surface area contributed by atoms with E-state index in [1.54, 1.807) is 26.0 Å². The van der Waals surface area contributed by atoms with Gasteiger partial charge in [-0.15, -0.1) is 0 Å². The number of hydrogen-bond acceptors (Lipinski definition) is 3. The van der Waals surface area contributed by atoms with E-state index in [9.17, 15) is 19.4 Å². The number of aliphatic hydroxyl groups is 2. The molecule has 0 radical (unpaired) electrons. The van der Waals surface area contributed by atoms with Crippen molar-refractivity contribution in [3.63, 3.8) is 0 Å². The van der Waals surface area contributed by atoms with Crippen LogP contribution in [0.25, 0.3) is 0 Å². The second-order valence-corrected chi connectivity index (χ2v) is 5.85. The van der Waals surface area contributed by atoms with Crippen LogP contribution in [0.2, 0.25) is 0 Å². The van der Waals surface area contributed by atoms with Crippen LogP contribution >= 0.6 is 0 Å². The number of benzene rings is 1. The lowest BCUT2D eigenvalue weighted by Gasteiger charge is -2.29. The number of urea groups is 1. The fraction of sp³-hybridized carbons (Fsp3) is 0.562. The van der Waals surface area contributed by atoms with Gasteiger partial charge < -0.3 is 20.4 Å². The summed E-state index contributed by atoms with van der Waals surface area (Å²) < 4.78 is 13.9. The molecule has 22 heavy (non-hydrogen) atoms. The molecular formula is C16H25FN2O3. The third-order valence-corrected chi connectivity index (χ3v) is 3.39. The van der Waals surface area contributed by atoms with Gasteiger partial charge in [-0.25, -0.2) is 9.18 Å². The van der Waals surface area contributed by atoms with Gasteiger partial charge in [0.2, 0.25) is 0 Å². The fourth-order valence-electron chi connectivity index (χ4n) is 2.11. The highest BCUT2D eigenvalue weighted by atomic mass is 19.1. The van der Waals surface area contributed by atoms with Crippen LogP contribution in [0.1, 0.15) is 39.2 Å². The van der Waals surface area contributed by atoms with Gasteiger partial charge in [0.25, 0.3) is 0 Å². The maximum atomic E-state index is 13.9. The molecule has 0 fully saturated rings. The van der Waals surface area contributed by atoms with Crippen LogP contribution in [0.5, 0.6) is 0 Å². The molecule has 2 atom stereocenters. The second kappa shape index (κ2) is 8.10. The van der Waals surface area contributed by atoms with Crippen LogP contribution in [0.3, 0.4) is 0 Å². The molecule has 0 aliphatic carbocycles. The number of nitrogens with one attached hydrogen (secondary N) is 1. The molecule has 3 N–H and O–H groups in total. The summed E-state index contributed by atoms with van der Waals surface area (Å²) in [6.07, 6.45) is -0.722. The summed E-state index contributed by atoms with van der Waals surface area (Å²) in [5.41, 5.74) is 0.926. The average molecular weight is 312 g/mol. The highest BCUT2D eigenvalue weighted by molar-refractivity contribution is 5.89. The zero-order valence-electron chi connectivity index (χ0n) is 13.5. The van der Waals surface area contributed by atoms with Gasteiger partial charge in [0, 0.05) is 12.2 Å². The SMILES string of the molecule is CC(C)c1ccc(NC(=O)N(C[C@H](C)O)[C@H](C)CO)cc1F. The van der Waals surface area contributed by atoms with Gasteiger partial charge >= 0.3 is 6.03 Å². The molecule has 0 aliphatic rings. The number of halogens is 1. The van der Waals surface area contributed by atoms with E-state index in [0.717, 1.165) is 0 Å². The number of carbonyl (C=O) groups is 1. The maximum absolute atomic E-state index is 13.9. The van der Waals surface area contributed by atoms with Crippen molar-refractivity contribution in [3.8, 4) is 0 Å². The minimum Gasteiger partial charge on any atom is -0.394 e. The van der Waals surface area contributed by atoms with E-state index in [1.807, 2.05) is 13.8 Å². The van der Waals surface area contributed by atoms with E-state index < -0.39 is 18.2 Å². The lowest BCUT2D eigenvalue weighted by atomic mass is 10.0. The van der Waals surface area contributed by atoms with Crippen LogP contribution in [-0.2, 0) is 0 Å². The Bertz CT molecular complexity index is 506. The average Bonchev–Trinajstić information content (AvgIpc) is 2.43. The Morgan fingerprint density at radius 1 is 1.32 bits per heavy atom. The molecular weight excluding hydrogens is 287 g/mol. The van der Waals surface area contributed by atoms with E-state index in [0.29, 0.717) is 11.3 Å². The maximum Gasteiger partial charge on any atom is 0.322 e. The van der Waals surface area contributed by atoms with Crippen molar-refractivity contribution in [1.29, 1.82) is 0 Å². The zero-order chi connectivity index (χ0) is 16.9. The van der Waals surface area contributed by atoms with E-state index >= 15 is 0 Å². The third kappa shape index (κ3) is 4.96. The van der Waals surface area contributed by atoms with Crippen LogP contribution in [0, 0.1) is 5.82 Å². The van der Waals surface area contributed by atoms with E-state index in [-0.39, 0.29) is 24.9 Å². The summed E-state index contributed by atoms with van der Waals surface area (Å²) in [5.74, 6) is -0.309. The molecule has 0 aromatic heterocycles. The first kappa shape index (κ1) is 18.4. The molecule has 1 rings (SSSR count). The third-order valence-electron chi connectivity index (χ3n) is 3.39. The second-order valence-electron chi connectivity index (χ2n) is 5.85. The first-order chi connectivity index (χ1) is 10.3. The number of anilines is 1. The van der Waals surface area contributed by atoms with Gasteiger partial charge in [0.05, 0.1) is 18.8 Å². The number of aliphatic hydroxyl groups excluding tert-OH is 2. The molecule has 1 aromatic rings. The number of amides is 2. The van der Waals surface area contributed by atoms with Crippen molar-refractivity contribution in [3.05, 3.63) is 29.6 Å². The van der Waals surface area contributed by atoms with Crippen LogP contribution in [-0.4, -0.2) is 46.4 Å². The van der Waals surface area contributed by atoms with Crippen molar-refractivity contribution in [2.75, 3.05) is 18.5 Å².